The summed E-state index contributed by atoms with van der Waals surface area (Å²) in [5.74, 6) is 0.292. The summed E-state index contributed by atoms with van der Waals surface area (Å²) in [6.45, 7) is 2.57. The molecule has 0 saturated carbocycles. The summed E-state index contributed by atoms with van der Waals surface area (Å²) in [5.41, 5.74) is 2.38. The molecule has 1 aliphatic rings. The molecule has 3 amide bonds. The number of hydrogen-bond acceptors (Lipinski definition) is 4. The molecule has 0 aromatic heterocycles. The summed E-state index contributed by atoms with van der Waals surface area (Å²) in [7, 11) is 0. The second kappa shape index (κ2) is 8.72. The van der Waals surface area contributed by atoms with Gasteiger partial charge in [0.25, 0.3) is 5.91 Å². The zero-order chi connectivity index (χ0) is 20.1. The van der Waals surface area contributed by atoms with Crippen molar-refractivity contribution in [2.24, 2.45) is 0 Å². The zero-order valence-corrected chi connectivity index (χ0v) is 16.8. The Balaban J connectivity index is 1.73. The topological polar surface area (TPSA) is 82.4 Å². The molecule has 142 valence electrons. The molecule has 0 spiro atoms. The van der Waals surface area contributed by atoms with E-state index in [1.165, 1.54) is 4.90 Å². The average molecular weight is 440 g/mol. The molecule has 0 atom stereocenters. The van der Waals surface area contributed by atoms with Gasteiger partial charge in [0.15, 0.2) is 0 Å². The van der Waals surface area contributed by atoms with Gasteiger partial charge in [-0.05, 0) is 52.2 Å². The van der Waals surface area contributed by atoms with Gasteiger partial charge in [0.05, 0.1) is 16.1 Å². The van der Waals surface area contributed by atoms with Gasteiger partial charge >= 0.3 is 6.03 Å². The minimum Gasteiger partial charge on any atom is -0.488 e. The van der Waals surface area contributed by atoms with Gasteiger partial charge in [-0.25, -0.2) is 4.79 Å². The molecule has 1 aliphatic heterocycles. The van der Waals surface area contributed by atoms with E-state index >= 15 is 0 Å². The number of carbonyl (C=O) groups excluding carboxylic acids is 2. The third-order valence-electron chi connectivity index (χ3n) is 4.20. The maximum atomic E-state index is 12.3. The molecular formula is C21H18BrN3O3. The highest BCUT2D eigenvalue weighted by molar-refractivity contribution is 9.10. The van der Waals surface area contributed by atoms with Crippen LogP contribution in [0.1, 0.15) is 30.0 Å². The van der Waals surface area contributed by atoms with E-state index in [4.69, 9.17) is 10.00 Å². The fraction of sp³-hybridized carbons (Fsp3) is 0.190. The molecule has 2 aromatic rings. The van der Waals surface area contributed by atoms with Crippen molar-refractivity contribution < 1.29 is 14.3 Å². The van der Waals surface area contributed by atoms with Gasteiger partial charge in [0.2, 0.25) is 0 Å². The van der Waals surface area contributed by atoms with Gasteiger partial charge in [-0.3, -0.25) is 9.69 Å². The summed E-state index contributed by atoms with van der Waals surface area (Å²) < 4.78 is 6.52. The average Bonchev–Trinajstić information content (AvgIpc) is 2.95. The highest BCUT2D eigenvalue weighted by Gasteiger charge is 2.32. The lowest BCUT2D eigenvalue weighted by Gasteiger charge is -2.10. The van der Waals surface area contributed by atoms with Crippen LogP contribution in [0.2, 0.25) is 0 Å². The van der Waals surface area contributed by atoms with Crippen LogP contribution in [0.5, 0.6) is 5.75 Å². The third kappa shape index (κ3) is 4.24. The quantitative estimate of drug-likeness (QED) is 0.539. The molecule has 1 N–H and O–H groups in total. The SMILES string of the molecule is CCCN1C(=O)N/C(=C/c2ccc(OCc3ccccc3C#N)c(Br)c2)C1=O. The molecule has 6 nitrogen and oxygen atoms in total. The smallest absolute Gasteiger partial charge is 0.329 e. The summed E-state index contributed by atoms with van der Waals surface area (Å²) in [4.78, 5) is 25.4. The first kappa shape index (κ1) is 19.6. The van der Waals surface area contributed by atoms with E-state index in [-0.39, 0.29) is 18.2 Å². The van der Waals surface area contributed by atoms with Crippen LogP contribution in [-0.2, 0) is 11.4 Å². The molecule has 1 heterocycles. The summed E-state index contributed by atoms with van der Waals surface area (Å²) in [6, 6.07) is 14.4. The highest BCUT2D eigenvalue weighted by atomic mass is 79.9. The monoisotopic (exact) mass is 439 g/mol. The number of halogens is 1. The maximum Gasteiger partial charge on any atom is 0.329 e. The number of rotatable bonds is 6. The first-order valence-corrected chi connectivity index (χ1v) is 9.57. The Morgan fingerprint density at radius 2 is 2.04 bits per heavy atom. The van der Waals surface area contributed by atoms with Crippen LogP contribution < -0.4 is 10.1 Å². The second-order valence-corrected chi connectivity index (χ2v) is 7.05. The maximum absolute atomic E-state index is 12.3. The van der Waals surface area contributed by atoms with Crippen molar-refractivity contribution in [3.63, 3.8) is 0 Å². The Kier molecular flexibility index (Phi) is 6.12. The number of imide groups is 1. The molecule has 28 heavy (non-hydrogen) atoms. The van der Waals surface area contributed by atoms with E-state index in [1.807, 2.05) is 25.1 Å². The summed E-state index contributed by atoms with van der Waals surface area (Å²) in [5, 5.41) is 11.8. The lowest BCUT2D eigenvalue weighted by molar-refractivity contribution is -0.122. The number of nitrogens with one attached hydrogen (secondary N) is 1. The second-order valence-electron chi connectivity index (χ2n) is 6.19. The Labute approximate surface area is 171 Å². The fourth-order valence-corrected chi connectivity index (χ4v) is 3.31. The van der Waals surface area contributed by atoms with Gasteiger partial charge in [0, 0.05) is 12.1 Å². The molecule has 1 fully saturated rings. The summed E-state index contributed by atoms with van der Waals surface area (Å²) >= 11 is 3.47. The number of hydrogen-bond donors (Lipinski definition) is 1. The van der Waals surface area contributed by atoms with E-state index in [2.05, 4.69) is 27.3 Å². The Morgan fingerprint density at radius 3 is 2.75 bits per heavy atom. The Bertz CT molecular complexity index is 995. The van der Waals surface area contributed by atoms with Crippen molar-refractivity contribution in [3.05, 3.63) is 69.3 Å². The highest BCUT2D eigenvalue weighted by Crippen LogP contribution is 2.28. The lowest BCUT2D eigenvalue weighted by Crippen LogP contribution is -2.31. The van der Waals surface area contributed by atoms with E-state index in [0.717, 1.165) is 11.1 Å². The minimum atomic E-state index is -0.395. The predicted octanol–water partition coefficient (Wildman–Crippen LogP) is 4.20. The molecule has 0 unspecified atom stereocenters. The van der Waals surface area contributed by atoms with E-state index in [9.17, 15) is 9.59 Å². The van der Waals surface area contributed by atoms with Crippen molar-refractivity contribution in [3.8, 4) is 11.8 Å². The number of nitrogens with zero attached hydrogens (tertiary/aromatic N) is 2. The largest absolute Gasteiger partial charge is 0.488 e. The van der Waals surface area contributed by atoms with E-state index < -0.39 is 6.03 Å². The van der Waals surface area contributed by atoms with E-state index in [1.54, 1.807) is 30.3 Å². The molecule has 2 aromatic carbocycles. The molecular weight excluding hydrogens is 422 g/mol. The van der Waals surface area contributed by atoms with Gasteiger partial charge in [0.1, 0.15) is 18.1 Å². The Morgan fingerprint density at radius 1 is 1.25 bits per heavy atom. The number of amides is 3. The van der Waals surface area contributed by atoms with Gasteiger partial charge in [-0.1, -0.05) is 31.2 Å². The molecule has 1 saturated heterocycles. The van der Waals surface area contributed by atoms with Crippen LogP contribution in [0.4, 0.5) is 4.79 Å². The van der Waals surface area contributed by atoms with Crippen LogP contribution in [0.3, 0.4) is 0 Å². The number of nitriles is 1. The predicted molar refractivity (Wildman–Crippen MR) is 108 cm³/mol. The standard InChI is InChI=1S/C21H18BrN3O3/c1-2-9-25-20(26)18(24-21(25)27)11-14-7-8-19(17(22)10-14)28-13-16-6-4-3-5-15(16)12-23/h3-8,10-11H,2,9,13H2,1H3,(H,24,27)/b18-11+. The summed E-state index contributed by atoms with van der Waals surface area (Å²) in [6.07, 6.45) is 2.34. The first-order valence-electron chi connectivity index (χ1n) is 8.78. The van der Waals surface area contributed by atoms with Gasteiger partial charge < -0.3 is 10.1 Å². The van der Waals surface area contributed by atoms with Crippen molar-refractivity contribution in [1.82, 2.24) is 10.2 Å². The van der Waals surface area contributed by atoms with E-state index in [0.29, 0.717) is 28.8 Å². The number of benzene rings is 2. The molecule has 0 aliphatic carbocycles. The van der Waals surface area contributed by atoms with Gasteiger partial charge in [-0.15, -0.1) is 0 Å². The molecule has 3 rings (SSSR count). The number of urea groups is 1. The zero-order valence-electron chi connectivity index (χ0n) is 15.2. The van der Waals surface area contributed by atoms with Crippen molar-refractivity contribution in [2.45, 2.75) is 20.0 Å². The van der Waals surface area contributed by atoms with Crippen molar-refractivity contribution >= 4 is 33.9 Å². The first-order chi connectivity index (χ1) is 13.5. The lowest BCUT2D eigenvalue weighted by atomic mass is 10.1. The van der Waals surface area contributed by atoms with Crippen LogP contribution >= 0.6 is 15.9 Å². The normalized spacial score (nSPS) is 14.9. The van der Waals surface area contributed by atoms with Gasteiger partial charge in [-0.2, -0.15) is 5.26 Å². The van der Waals surface area contributed by atoms with Crippen LogP contribution in [0.15, 0.2) is 52.6 Å². The van der Waals surface area contributed by atoms with Crippen molar-refractivity contribution in [1.29, 1.82) is 5.26 Å². The van der Waals surface area contributed by atoms with Crippen LogP contribution in [0, 0.1) is 11.3 Å². The molecule has 7 heteroatoms. The van der Waals surface area contributed by atoms with Crippen LogP contribution in [-0.4, -0.2) is 23.4 Å². The third-order valence-corrected chi connectivity index (χ3v) is 4.82. The Hall–Kier alpha value is -3.11. The number of carbonyl (C=O) groups is 2. The van der Waals surface area contributed by atoms with Crippen LogP contribution in [0.25, 0.3) is 6.08 Å². The fourth-order valence-electron chi connectivity index (χ4n) is 2.80. The molecule has 0 bridgehead atoms. The molecule has 0 radical (unpaired) electrons. The number of ether oxygens (including phenoxy) is 1. The van der Waals surface area contributed by atoms with Crippen molar-refractivity contribution in [2.75, 3.05) is 6.54 Å². The minimum absolute atomic E-state index is 0.252.